The first-order valence-corrected chi connectivity index (χ1v) is 10.7. The van der Waals surface area contributed by atoms with Crippen LogP contribution < -0.4 is 0 Å². The molecule has 3 heterocycles. The molecule has 1 aromatic heterocycles. The number of amides is 1. The molecular formula is C21H20N6O8. The highest BCUT2D eigenvalue weighted by atomic mass is 16.6. The van der Waals surface area contributed by atoms with Gasteiger partial charge in [-0.05, 0) is 28.5 Å². The van der Waals surface area contributed by atoms with Gasteiger partial charge in [-0.1, -0.05) is 13.8 Å². The third kappa shape index (κ3) is 4.29. The van der Waals surface area contributed by atoms with E-state index >= 15 is 0 Å². The van der Waals surface area contributed by atoms with Crippen molar-refractivity contribution in [3.05, 3.63) is 46.3 Å². The van der Waals surface area contributed by atoms with Crippen LogP contribution in [-0.2, 0) is 30.5 Å². The van der Waals surface area contributed by atoms with Crippen LogP contribution >= 0.6 is 0 Å². The molecule has 0 radical (unpaired) electrons. The van der Waals surface area contributed by atoms with E-state index in [1.165, 1.54) is 11.0 Å². The van der Waals surface area contributed by atoms with Crippen molar-refractivity contribution in [3.63, 3.8) is 0 Å². The number of ether oxygens (including phenoxy) is 1. The van der Waals surface area contributed by atoms with E-state index in [4.69, 9.17) is 4.74 Å². The number of non-ortho nitro benzene ring substituents is 1. The minimum atomic E-state index is -1.56. The summed E-state index contributed by atoms with van der Waals surface area (Å²) in [4.78, 5) is 74.3. The Morgan fingerprint density at radius 3 is 2.49 bits per heavy atom. The highest BCUT2D eigenvalue weighted by Crippen LogP contribution is 2.45. The lowest BCUT2D eigenvalue weighted by molar-refractivity contribution is -0.384. The minimum Gasteiger partial charge on any atom is -0.388 e. The fraction of sp³-hybridized carbons (Fsp3) is 0.429. The Labute approximate surface area is 197 Å². The van der Waals surface area contributed by atoms with Crippen molar-refractivity contribution in [2.45, 2.75) is 38.9 Å². The predicted octanol–water partition coefficient (Wildman–Crippen LogP) is -0.0254. The van der Waals surface area contributed by atoms with Gasteiger partial charge in [0, 0.05) is 24.5 Å². The summed E-state index contributed by atoms with van der Waals surface area (Å²) in [5.74, 6) is -5.25. The number of carbonyl (C=O) groups is 5. The molecule has 14 nitrogen and oxygen atoms in total. The molecule has 0 bridgehead atoms. The van der Waals surface area contributed by atoms with Gasteiger partial charge < -0.3 is 9.64 Å². The van der Waals surface area contributed by atoms with Crippen LogP contribution in [0.2, 0.25) is 0 Å². The Bertz CT molecular complexity index is 1210. The lowest BCUT2D eigenvalue weighted by atomic mass is 9.73. The molecule has 182 valence electrons. The van der Waals surface area contributed by atoms with E-state index < -0.39 is 58.4 Å². The predicted molar refractivity (Wildman–Crippen MR) is 112 cm³/mol. The van der Waals surface area contributed by atoms with E-state index in [9.17, 15) is 34.1 Å². The molecule has 0 N–H and O–H groups in total. The molecule has 1 aromatic carbocycles. The second-order valence-corrected chi connectivity index (χ2v) is 8.60. The molecule has 4 rings (SSSR count). The van der Waals surface area contributed by atoms with Crippen LogP contribution in [0.15, 0.2) is 30.6 Å². The van der Waals surface area contributed by atoms with Crippen molar-refractivity contribution in [2.24, 2.45) is 17.8 Å². The molecule has 2 aliphatic heterocycles. The van der Waals surface area contributed by atoms with E-state index in [1.807, 2.05) is 0 Å². The van der Waals surface area contributed by atoms with Crippen molar-refractivity contribution in [2.75, 3.05) is 0 Å². The first-order valence-electron chi connectivity index (χ1n) is 10.7. The number of β-lactam (4-membered cyclic amide) rings is 1. The van der Waals surface area contributed by atoms with Crippen LogP contribution in [0.1, 0.15) is 30.6 Å². The number of ketones is 2. The zero-order chi connectivity index (χ0) is 25.4. The maximum absolute atomic E-state index is 12.9. The van der Waals surface area contributed by atoms with Crippen molar-refractivity contribution >= 4 is 35.1 Å². The van der Waals surface area contributed by atoms with Crippen LogP contribution in [0, 0.1) is 27.9 Å². The largest absolute Gasteiger partial charge is 0.388 e. The maximum Gasteiger partial charge on any atom is 0.345 e. The molecule has 0 saturated carbocycles. The fourth-order valence-corrected chi connectivity index (χ4v) is 4.68. The number of nitrogens with zero attached hydrogens (tertiary/aromatic N) is 6. The standard InChI is InChI=1S/C21H20N6O8/c1-10(7-14(28)8-25-9-22-23-24-25)15-16-11(2)18(29)17(26(16)19(15)30)21(32)35-20(31)12-3-5-13(6-4-12)27(33)34/h3-6,9-11,15-17H,7-8H2,1-2H3/t10?,11-,15-,16-,17?/m1/s1. The highest BCUT2D eigenvalue weighted by Gasteiger charge is 2.64. The van der Waals surface area contributed by atoms with E-state index in [1.54, 1.807) is 13.8 Å². The summed E-state index contributed by atoms with van der Waals surface area (Å²) in [5, 5.41) is 21.3. The van der Waals surface area contributed by atoms with Gasteiger partial charge in [-0.25, -0.2) is 14.3 Å². The molecule has 2 saturated heterocycles. The van der Waals surface area contributed by atoms with E-state index in [2.05, 4.69) is 15.5 Å². The molecule has 0 aliphatic carbocycles. The van der Waals surface area contributed by atoms with Gasteiger partial charge in [0.05, 0.1) is 22.4 Å². The Morgan fingerprint density at radius 1 is 1.20 bits per heavy atom. The summed E-state index contributed by atoms with van der Waals surface area (Å²) in [7, 11) is 0. The lowest BCUT2D eigenvalue weighted by Crippen LogP contribution is -2.65. The third-order valence-electron chi connectivity index (χ3n) is 6.36. The monoisotopic (exact) mass is 484 g/mol. The van der Waals surface area contributed by atoms with E-state index in [0.29, 0.717) is 0 Å². The van der Waals surface area contributed by atoms with Gasteiger partial charge >= 0.3 is 11.9 Å². The Morgan fingerprint density at radius 2 is 1.89 bits per heavy atom. The molecule has 1 amide bonds. The smallest absolute Gasteiger partial charge is 0.345 e. The van der Waals surface area contributed by atoms with Crippen molar-refractivity contribution in [3.8, 4) is 0 Å². The Kier molecular flexibility index (Phi) is 6.20. The van der Waals surface area contributed by atoms with Crippen LogP contribution in [0.25, 0.3) is 0 Å². The van der Waals surface area contributed by atoms with Gasteiger partial charge in [0.15, 0.2) is 17.6 Å². The summed E-state index contributed by atoms with van der Waals surface area (Å²) in [6.07, 6.45) is 1.35. The maximum atomic E-state index is 12.9. The average Bonchev–Trinajstić information content (AvgIpc) is 3.39. The number of carbonyl (C=O) groups excluding carboxylic acids is 5. The average molecular weight is 484 g/mol. The van der Waals surface area contributed by atoms with Crippen LogP contribution in [0.5, 0.6) is 0 Å². The highest BCUT2D eigenvalue weighted by molar-refractivity contribution is 6.14. The van der Waals surface area contributed by atoms with Crippen LogP contribution in [0.3, 0.4) is 0 Å². The van der Waals surface area contributed by atoms with Gasteiger partial charge in [-0.15, -0.1) is 5.10 Å². The number of esters is 2. The second kappa shape index (κ2) is 9.12. The summed E-state index contributed by atoms with van der Waals surface area (Å²) in [6.45, 7) is 3.25. The number of nitro groups is 1. The topological polar surface area (TPSA) is 185 Å². The normalized spacial score (nSPS) is 23.9. The van der Waals surface area contributed by atoms with E-state index in [0.717, 1.165) is 29.2 Å². The van der Waals surface area contributed by atoms with Crippen molar-refractivity contribution in [1.82, 2.24) is 25.1 Å². The minimum absolute atomic E-state index is 0.0509. The SMILES string of the molecule is CC(CC(=O)Cn1cnnn1)[C@H]1C(=O)N2C(C(=O)OC(=O)c3ccc([N+](=O)[O-])cc3)C(=O)[C@H](C)[C@H]12. The number of hydrogen-bond donors (Lipinski definition) is 0. The Hall–Kier alpha value is -4.36. The Balaban J connectivity index is 1.41. The quantitative estimate of drug-likeness (QED) is 0.161. The molecule has 14 heteroatoms. The second-order valence-electron chi connectivity index (χ2n) is 8.60. The number of benzene rings is 1. The number of nitro benzene ring substituents is 1. The number of rotatable bonds is 8. The molecule has 2 aliphatic rings. The van der Waals surface area contributed by atoms with Crippen LogP contribution in [-0.4, -0.2) is 71.5 Å². The summed E-state index contributed by atoms with van der Waals surface area (Å²) in [6, 6.07) is 2.22. The van der Waals surface area contributed by atoms with Crippen molar-refractivity contribution in [1.29, 1.82) is 0 Å². The summed E-state index contributed by atoms with van der Waals surface area (Å²) >= 11 is 0. The third-order valence-corrected chi connectivity index (χ3v) is 6.36. The zero-order valence-corrected chi connectivity index (χ0v) is 18.6. The molecule has 2 fully saturated rings. The molecule has 2 unspecified atom stereocenters. The molecule has 0 spiro atoms. The van der Waals surface area contributed by atoms with Gasteiger partial charge in [0.2, 0.25) is 5.91 Å². The molecular weight excluding hydrogens is 464 g/mol. The number of Topliss-reactive ketones (excluding diaryl/α,β-unsaturated/α-hetero) is 2. The fourth-order valence-electron chi connectivity index (χ4n) is 4.68. The number of hydrogen-bond acceptors (Lipinski definition) is 11. The summed E-state index contributed by atoms with van der Waals surface area (Å²) in [5.41, 5.74) is -0.375. The molecule has 2 aromatic rings. The van der Waals surface area contributed by atoms with Gasteiger partial charge in [-0.2, -0.15) is 0 Å². The van der Waals surface area contributed by atoms with Gasteiger partial charge in [-0.3, -0.25) is 24.5 Å². The lowest BCUT2D eigenvalue weighted by Gasteiger charge is -2.47. The zero-order valence-electron chi connectivity index (χ0n) is 18.6. The number of aromatic nitrogens is 4. The van der Waals surface area contributed by atoms with Crippen LogP contribution in [0.4, 0.5) is 5.69 Å². The van der Waals surface area contributed by atoms with Gasteiger partial charge in [0.1, 0.15) is 12.9 Å². The first-order chi connectivity index (χ1) is 16.6. The summed E-state index contributed by atoms with van der Waals surface area (Å²) < 4.78 is 6.08. The van der Waals surface area contributed by atoms with Crippen molar-refractivity contribution < 1.29 is 33.6 Å². The molecule has 5 atom stereocenters. The first kappa shape index (κ1) is 23.8. The van der Waals surface area contributed by atoms with E-state index in [-0.39, 0.29) is 30.0 Å². The molecule has 35 heavy (non-hydrogen) atoms. The number of fused-ring (bicyclic) bond motifs is 1. The number of tetrazole rings is 1. The van der Waals surface area contributed by atoms with Gasteiger partial charge in [0.25, 0.3) is 5.69 Å².